The summed E-state index contributed by atoms with van der Waals surface area (Å²) in [6.45, 7) is 2.46. The van der Waals surface area contributed by atoms with Crippen molar-refractivity contribution in [1.82, 2.24) is 5.32 Å². The summed E-state index contributed by atoms with van der Waals surface area (Å²) < 4.78 is 0. The zero-order valence-corrected chi connectivity index (χ0v) is 8.73. The average Bonchev–Trinajstić information content (AvgIpc) is 2.61. The molecule has 80 valence electrons. The van der Waals surface area contributed by atoms with Crippen LogP contribution in [0.3, 0.4) is 0 Å². The van der Waals surface area contributed by atoms with Crippen molar-refractivity contribution in [2.24, 2.45) is 0 Å². The molecule has 2 N–H and O–H groups in total. The predicted molar refractivity (Wildman–Crippen MR) is 57.3 cm³/mol. The lowest BCUT2D eigenvalue weighted by Gasteiger charge is -2.29. The van der Waals surface area contributed by atoms with E-state index >= 15 is 0 Å². The van der Waals surface area contributed by atoms with Crippen LogP contribution in [0.25, 0.3) is 0 Å². The second kappa shape index (κ2) is 3.76. The van der Waals surface area contributed by atoms with Gasteiger partial charge in [-0.05, 0) is 18.1 Å². The van der Waals surface area contributed by atoms with E-state index < -0.39 is 5.60 Å². The van der Waals surface area contributed by atoms with Crippen molar-refractivity contribution < 1.29 is 9.90 Å². The number of aldehydes is 1. The zero-order chi connectivity index (χ0) is 10.9. The summed E-state index contributed by atoms with van der Waals surface area (Å²) in [4.78, 5) is 10.5. The Labute approximate surface area is 89.1 Å². The molecule has 0 saturated heterocycles. The Morgan fingerprint density at radius 3 is 3.07 bits per heavy atom. The molecule has 2 rings (SSSR count). The molecule has 1 aromatic carbocycles. The van der Waals surface area contributed by atoms with Gasteiger partial charge in [-0.25, -0.2) is 0 Å². The van der Waals surface area contributed by atoms with E-state index in [1.165, 1.54) is 5.56 Å². The number of aliphatic hydroxyl groups is 1. The van der Waals surface area contributed by atoms with Crippen molar-refractivity contribution in [2.75, 3.05) is 0 Å². The molecule has 0 aliphatic carbocycles. The van der Waals surface area contributed by atoms with Crippen molar-refractivity contribution in [1.29, 1.82) is 0 Å². The van der Waals surface area contributed by atoms with Crippen molar-refractivity contribution in [3.63, 3.8) is 0 Å². The van der Waals surface area contributed by atoms with Crippen LogP contribution in [0.4, 0.5) is 0 Å². The Kier molecular flexibility index (Phi) is 2.59. The van der Waals surface area contributed by atoms with Gasteiger partial charge < -0.3 is 15.2 Å². The molecule has 0 spiro atoms. The molecule has 0 amide bonds. The highest BCUT2D eigenvalue weighted by Crippen LogP contribution is 2.34. The van der Waals surface area contributed by atoms with Crippen molar-refractivity contribution >= 4 is 6.29 Å². The number of hydrogen-bond acceptors (Lipinski definition) is 3. The molecule has 3 heteroatoms. The van der Waals surface area contributed by atoms with Gasteiger partial charge in [0.15, 0.2) is 0 Å². The number of fused-ring (bicyclic) bond motifs is 1. The zero-order valence-electron chi connectivity index (χ0n) is 8.73. The second-order valence-electron chi connectivity index (χ2n) is 4.24. The Bertz CT molecular complexity index is 374. The fourth-order valence-electron chi connectivity index (χ4n) is 2.14. The monoisotopic (exact) mass is 205 g/mol. The lowest BCUT2D eigenvalue weighted by Crippen LogP contribution is -2.38. The number of carbonyl (C=O) groups excluding carboxylic acids is 1. The van der Waals surface area contributed by atoms with Gasteiger partial charge in [0.1, 0.15) is 6.29 Å². The highest BCUT2D eigenvalue weighted by atomic mass is 16.3. The van der Waals surface area contributed by atoms with Crippen LogP contribution in [0.1, 0.15) is 30.5 Å². The van der Waals surface area contributed by atoms with Crippen LogP contribution in [-0.4, -0.2) is 17.0 Å². The molecular weight excluding hydrogens is 190 g/mol. The molecule has 1 aromatic rings. The number of rotatable bonds is 3. The van der Waals surface area contributed by atoms with E-state index in [9.17, 15) is 9.90 Å². The van der Waals surface area contributed by atoms with E-state index in [4.69, 9.17) is 0 Å². The second-order valence-corrected chi connectivity index (χ2v) is 4.24. The summed E-state index contributed by atoms with van der Waals surface area (Å²) in [7, 11) is 0. The first kappa shape index (κ1) is 10.3. The molecule has 0 fully saturated rings. The summed E-state index contributed by atoms with van der Waals surface area (Å²) in [5.74, 6) is 0. The van der Waals surface area contributed by atoms with E-state index in [-0.39, 0.29) is 12.5 Å². The molecule has 0 saturated carbocycles. The summed E-state index contributed by atoms with van der Waals surface area (Å²) >= 11 is 0. The lowest BCUT2D eigenvalue weighted by molar-refractivity contribution is -0.112. The first-order chi connectivity index (χ1) is 7.15. The molecule has 1 aliphatic rings. The van der Waals surface area contributed by atoms with Gasteiger partial charge in [-0.3, -0.25) is 0 Å². The molecule has 2 atom stereocenters. The fraction of sp³-hybridized carbons (Fsp3) is 0.417. The molecule has 3 nitrogen and oxygen atoms in total. The quantitative estimate of drug-likeness (QED) is 0.728. The number of benzene rings is 1. The van der Waals surface area contributed by atoms with Crippen LogP contribution < -0.4 is 5.32 Å². The van der Waals surface area contributed by atoms with Crippen LogP contribution in [0, 0.1) is 0 Å². The Morgan fingerprint density at radius 2 is 2.33 bits per heavy atom. The van der Waals surface area contributed by atoms with Crippen LogP contribution in [0.15, 0.2) is 24.3 Å². The lowest BCUT2D eigenvalue weighted by atomic mass is 9.88. The third-order valence-electron chi connectivity index (χ3n) is 2.98. The van der Waals surface area contributed by atoms with E-state index in [0.717, 1.165) is 18.4 Å². The topological polar surface area (TPSA) is 49.3 Å². The van der Waals surface area contributed by atoms with Gasteiger partial charge in [-0.15, -0.1) is 0 Å². The normalized spacial score (nSPS) is 23.2. The molecule has 1 heterocycles. The minimum absolute atomic E-state index is 0.140. The Hall–Kier alpha value is -1.19. The van der Waals surface area contributed by atoms with Gasteiger partial charge in [0.2, 0.25) is 0 Å². The molecule has 15 heavy (non-hydrogen) atoms. The largest absolute Gasteiger partial charge is 0.388 e. The first-order valence-corrected chi connectivity index (χ1v) is 5.12. The summed E-state index contributed by atoms with van der Waals surface area (Å²) in [6.07, 6.45) is 0.918. The summed E-state index contributed by atoms with van der Waals surface area (Å²) in [6, 6.07) is 7.84. The predicted octanol–water partition coefficient (Wildman–Crippen LogP) is 1.17. The smallest absolute Gasteiger partial charge is 0.122 e. The van der Waals surface area contributed by atoms with E-state index in [1.807, 2.05) is 24.3 Å². The van der Waals surface area contributed by atoms with Crippen LogP contribution >= 0.6 is 0 Å². The maximum Gasteiger partial charge on any atom is 0.122 e. The molecule has 2 unspecified atom stereocenters. The molecule has 1 aliphatic heterocycles. The Balaban J connectivity index is 2.30. The van der Waals surface area contributed by atoms with Gasteiger partial charge >= 0.3 is 0 Å². The van der Waals surface area contributed by atoms with Crippen LogP contribution in [-0.2, 0) is 11.3 Å². The standard InChI is InChI=1S/C12H15NO2/c1-12(15,6-7-14)11-10-5-3-2-4-9(10)8-13-11/h2-5,7,11,13,15H,6,8H2,1H3. The summed E-state index contributed by atoms with van der Waals surface area (Å²) in [5, 5.41) is 13.4. The molecule has 0 aromatic heterocycles. The minimum Gasteiger partial charge on any atom is -0.388 e. The maximum atomic E-state index is 10.5. The van der Waals surface area contributed by atoms with Gasteiger partial charge in [-0.1, -0.05) is 24.3 Å². The average molecular weight is 205 g/mol. The third-order valence-corrected chi connectivity index (χ3v) is 2.98. The van der Waals surface area contributed by atoms with E-state index in [1.54, 1.807) is 6.92 Å². The van der Waals surface area contributed by atoms with Gasteiger partial charge in [0.25, 0.3) is 0 Å². The maximum absolute atomic E-state index is 10.5. The van der Waals surface area contributed by atoms with Crippen molar-refractivity contribution in [3.05, 3.63) is 35.4 Å². The number of carbonyl (C=O) groups is 1. The summed E-state index contributed by atoms with van der Waals surface area (Å²) in [5.41, 5.74) is 1.30. The molecule has 0 radical (unpaired) electrons. The number of hydrogen-bond donors (Lipinski definition) is 2. The number of nitrogens with one attached hydrogen (secondary N) is 1. The van der Waals surface area contributed by atoms with Crippen LogP contribution in [0.5, 0.6) is 0 Å². The van der Waals surface area contributed by atoms with Gasteiger partial charge in [-0.2, -0.15) is 0 Å². The fourth-order valence-corrected chi connectivity index (χ4v) is 2.14. The third kappa shape index (κ3) is 1.80. The Morgan fingerprint density at radius 1 is 1.60 bits per heavy atom. The molecule has 0 bridgehead atoms. The van der Waals surface area contributed by atoms with E-state index in [0.29, 0.717) is 0 Å². The van der Waals surface area contributed by atoms with Crippen molar-refractivity contribution in [3.8, 4) is 0 Å². The minimum atomic E-state index is -1.01. The van der Waals surface area contributed by atoms with Crippen LogP contribution in [0.2, 0.25) is 0 Å². The molecular formula is C12H15NO2. The van der Waals surface area contributed by atoms with E-state index in [2.05, 4.69) is 5.32 Å². The van der Waals surface area contributed by atoms with Gasteiger partial charge in [0.05, 0.1) is 11.6 Å². The highest BCUT2D eigenvalue weighted by molar-refractivity contribution is 5.52. The highest BCUT2D eigenvalue weighted by Gasteiger charge is 2.36. The SMILES string of the molecule is CC(O)(CC=O)C1NCc2ccccc21. The van der Waals surface area contributed by atoms with Gasteiger partial charge in [0, 0.05) is 13.0 Å². The first-order valence-electron chi connectivity index (χ1n) is 5.12. The van der Waals surface area contributed by atoms with Crippen molar-refractivity contribution in [2.45, 2.75) is 31.5 Å².